The number of hydrogen-bond donors (Lipinski definition) is 3. The van der Waals surface area contributed by atoms with Crippen molar-refractivity contribution in [2.75, 3.05) is 6.61 Å². The van der Waals surface area contributed by atoms with Crippen LogP contribution in [0.5, 0.6) is 0 Å². The summed E-state index contributed by atoms with van der Waals surface area (Å²) < 4.78 is 0. The molecule has 328 valence electrons. The fourth-order valence-corrected chi connectivity index (χ4v) is 6.39. The van der Waals surface area contributed by atoms with Crippen LogP contribution >= 0.6 is 0 Å². The first-order valence-corrected chi connectivity index (χ1v) is 23.7. The van der Waals surface area contributed by atoms with E-state index < -0.39 is 12.1 Å². The monoisotopic (exact) mass is 800 g/mol. The summed E-state index contributed by atoms with van der Waals surface area (Å²) in [6.45, 7) is 4.20. The van der Waals surface area contributed by atoms with E-state index in [1.807, 2.05) is 0 Å². The molecule has 0 heterocycles. The van der Waals surface area contributed by atoms with Crippen LogP contribution in [-0.4, -0.2) is 34.9 Å². The molecule has 0 aromatic carbocycles. The van der Waals surface area contributed by atoms with Crippen LogP contribution in [0.2, 0.25) is 0 Å². The van der Waals surface area contributed by atoms with Crippen molar-refractivity contribution in [3.05, 3.63) is 122 Å². The van der Waals surface area contributed by atoms with Gasteiger partial charge < -0.3 is 15.5 Å². The molecule has 4 nitrogen and oxygen atoms in total. The molecule has 4 heteroatoms. The van der Waals surface area contributed by atoms with E-state index in [1.165, 1.54) is 64.2 Å². The molecule has 0 fully saturated rings. The average molecular weight is 800 g/mol. The lowest BCUT2D eigenvalue weighted by atomic mass is 10.0. The van der Waals surface area contributed by atoms with Crippen molar-refractivity contribution in [2.45, 2.75) is 206 Å². The van der Waals surface area contributed by atoms with Crippen LogP contribution in [0.15, 0.2) is 122 Å². The van der Waals surface area contributed by atoms with Gasteiger partial charge in [-0.1, -0.05) is 219 Å². The van der Waals surface area contributed by atoms with Gasteiger partial charge in [-0.05, 0) is 89.9 Å². The van der Waals surface area contributed by atoms with Gasteiger partial charge >= 0.3 is 0 Å². The molecule has 58 heavy (non-hydrogen) atoms. The summed E-state index contributed by atoms with van der Waals surface area (Å²) in [5.74, 6) is -0.0547. The van der Waals surface area contributed by atoms with E-state index in [0.717, 1.165) is 103 Å². The van der Waals surface area contributed by atoms with Gasteiger partial charge in [0.05, 0.1) is 18.8 Å². The maximum absolute atomic E-state index is 12.4. The second-order valence-corrected chi connectivity index (χ2v) is 15.4. The zero-order chi connectivity index (χ0) is 42.1. The number of hydrogen-bond acceptors (Lipinski definition) is 3. The molecule has 0 bridgehead atoms. The molecule has 2 atom stereocenters. The van der Waals surface area contributed by atoms with E-state index in [2.05, 4.69) is 141 Å². The molecule has 2 unspecified atom stereocenters. The largest absolute Gasteiger partial charge is 0.394 e. The summed E-state index contributed by atoms with van der Waals surface area (Å²) in [5, 5.41) is 23.0. The van der Waals surface area contributed by atoms with Gasteiger partial charge in [-0.2, -0.15) is 0 Å². The number of carbonyl (C=O) groups excluding carboxylic acids is 1. The van der Waals surface area contributed by atoms with E-state index in [4.69, 9.17) is 0 Å². The lowest BCUT2D eigenvalue weighted by molar-refractivity contribution is -0.123. The smallest absolute Gasteiger partial charge is 0.220 e. The number of rotatable bonds is 41. The topological polar surface area (TPSA) is 69.6 Å². The third-order valence-electron chi connectivity index (χ3n) is 9.99. The third kappa shape index (κ3) is 43.9. The quantitative estimate of drug-likeness (QED) is 0.0426. The minimum absolute atomic E-state index is 0.0547. The van der Waals surface area contributed by atoms with Gasteiger partial charge in [0.15, 0.2) is 0 Å². The van der Waals surface area contributed by atoms with Crippen molar-refractivity contribution in [2.24, 2.45) is 0 Å². The van der Waals surface area contributed by atoms with Gasteiger partial charge in [0.2, 0.25) is 5.91 Å². The summed E-state index contributed by atoms with van der Waals surface area (Å²) in [4.78, 5) is 12.4. The van der Waals surface area contributed by atoms with Crippen molar-refractivity contribution in [1.82, 2.24) is 5.32 Å². The molecule has 0 aliphatic carbocycles. The van der Waals surface area contributed by atoms with Crippen LogP contribution in [0, 0.1) is 0 Å². The Labute approximate surface area is 358 Å². The minimum atomic E-state index is -0.671. The Balaban J connectivity index is 3.65. The zero-order valence-electron chi connectivity index (χ0n) is 37.5. The predicted octanol–water partition coefficient (Wildman–Crippen LogP) is 15.3. The molecule has 3 N–H and O–H groups in total. The van der Waals surface area contributed by atoms with Crippen LogP contribution in [0.3, 0.4) is 0 Å². The third-order valence-corrected chi connectivity index (χ3v) is 9.99. The predicted molar refractivity (Wildman–Crippen MR) is 257 cm³/mol. The van der Waals surface area contributed by atoms with Crippen LogP contribution < -0.4 is 5.32 Å². The number of nitrogens with one attached hydrogen (secondary N) is 1. The highest BCUT2D eigenvalue weighted by Gasteiger charge is 2.19. The Bertz CT molecular complexity index is 1180. The molecule has 0 aromatic heterocycles. The highest BCUT2D eigenvalue weighted by atomic mass is 16.3. The second-order valence-electron chi connectivity index (χ2n) is 15.4. The number of aliphatic hydroxyl groups is 2. The molecular formula is C54H89NO3. The van der Waals surface area contributed by atoms with E-state index in [-0.39, 0.29) is 12.5 Å². The molecule has 0 saturated heterocycles. The average Bonchev–Trinajstić information content (AvgIpc) is 3.23. The van der Waals surface area contributed by atoms with Crippen LogP contribution in [0.25, 0.3) is 0 Å². The summed E-state index contributed by atoms with van der Waals surface area (Å²) in [5.41, 5.74) is 0. The summed E-state index contributed by atoms with van der Waals surface area (Å²) in [6.07, 6.45) is 74.3. The van der Waals surface area contributed by atoms with Crippen molar-refractivity contribution in [1.29, 1.82) is 0 Å². The number of unbranched alkanes of at least 4 members (excludes halogenated alkanes) is 14. The normalized spacial score (nSPS) is 14.1. The first kappa shape index (κ1) is 54.8. The van der Waals surface area contributed by atoms with Crippen LogP contribution in [-0.2, 0) is 4.79 Å². The molecule has 1 amide bonds. The van der Waals surface area contributed by atoms with E-state index in [9.17, 15) is 15.0 Å². The Morgan fingerprint density at radius 2 is 0.759 bits per heavy atom. The van der Waals surface area contributed by atoms with Gasteiger partial charge in [-0.15, -0.1) is 0 Å². The van der Waals surface area contributed by atoms with E-state index in [0.29, 0.717) is 12.8 Å². The molecule has 0 aliphatic heterocycles. The van der Waals surface area contributed by atoms with Gasteiger partial charge in [0, 0.05) is 6.42 Å². The highest BCUT2D eigenvalue weighted by molar-refractivity contribution is 5.76. The summed E-state index contributed by atoms with van der Waals surface area (Å²) in [7, 11) is 0. The van der Waals surface area contributed by atoms with E-state index in [1.54, 1.807) is 0 Å². The minimum Gasteiger partial charge on any atom is -0.394 e. The van der Waals surface area contributed by atoms with Crippen molar-refractivity contribution < 1.29 is 15.0 Å². The van der Waals surface area contributed by atoms with Crippen molar-refractivity contribution in [3.63, 3.8) is 0 Å². The highest BCUT2D eigenvalue weighted by Crippen LogP contribution is 2.14. The summed E-state index contributed by atoms with van der Waals surface area (Å²) in [6, 6.07) is -0.550. The Kier molecular flexibility index (Phi) is 45.5. The molecule has 0 spiro atoms. The first-order chi connectivity index (χ1) is 28.7. The molecule has 0 aromatic rings. The fourth-order valence-electron chi connectivity index (χ4n) is 6.39. The van der Waals surface area contributed by atoms with Gasteiger partial charge in [-0.25, -0.2) is 0 Å². The number of allylic oxidation sites excluding steroid dienone is 20. The standard InChI is InChI=1S/C54H89NO3/c1-3-5-7-9-11-13-14-15-16-17-18-19-20-21-22-23-24-25-26-27-28-29-30-31-32-33-34-35-36-37-38-39-40-42-44-46-48-50-54(58)55-52(51-56)53(57)49-47-45-43-41-12-10-8-6-4-2/h5,7,11,13,15-16,18-19,21-22,24-25,27-28,30-31,33-34,36-37,52-53,56-57H,3-4,6,8-10,12,14,17,20,23,26,29,32,35,38-51H2,1-2H3,(H,55,58)/b7-5-,13-11-,16-15-,19-18-,22-21-,25-24-,28-27-,31-30-,34-33-,37-36-. The van der Waals surface area contributed by atoms with Crippen molar-refractivity contribution >= 4 is 5.91 Å². The molecule has 0 saturated carbocycles. The number of carbonyl (C=O) groups is 1. The van der Waals surface area contributed by atoms with E-state index >= 15 is 0 Å². The van der Waals surface area contributed by atoms with Gasteiger partial charge in [-0.3, -0.25) is 4.79 Å². The van der Waals surface area contributed by atoms with Gasteiger partial charge in [0.25, 0.3) is 0 Å². The zero-order valence-corrected chi connectivity index (χ0v) is 37.5. The molecule has 0 radical (unpaired) electrons. The fraction of sp³-hybridized carbons (Fsp3) is 0.611. The molecular weight excluding hydrogens is 711 g/mol. The summed E-state index contributed by atoms with van der Waals surface area (Å²) >= 11 is 0. The Morgan fingerprint density at radius 3 is 1.14 bits per heavy atom. The first-order valence-electron chi connectivity index (χ1n) is 23.7. The number of amides is 1. The maximum Gasteiger partial charge on any atom is 0.220 e. The Morgan fingerprint density at radius 1 is 0.431 bits per heavy atom. The molecule has 0 rings (SSSR count). The SMILES string of the molecule is CC/C=C\C/C=C\C/C=C\C/C=C\C/C=C\C/C=C\C/C=C\C/C=C\C/C=C\C/C=C\CCCCCCCCC(=O)NC(CO)C(O)CCCCCCCCCCC. The maximum atomic E-state index is 12.4. The lowest BCUT2D eigenvalue weighted by Gasteiger charge is -2.22. The van der Waals surface area contributed by atoms with Crippen molar-refractivity contribution in [3.8, 4) is 0 Å². The number of aliphatic hydroxyl groups excluding tert-OH is 2. The Hall–Kier alpha value is -3.21. The van der Waals surface area contributed by atoms with Crippen LogP contribution in [0.4, 0.5) is 0 Å². The second kappa shape index (κ2) is 48.2. The molecule has 0 aliphatic rings. The van der Waals surface area contributed by atoms with Gasteiger partial charge in [0.1, 0.15) is 0 Å². The lowest BCUT2D eigenvalue weighted by Crippen LogP contribution is -2.45. The van der Waals surface area contributed by atoms with Crippen LogP contribution in [0.1, 0.15) is 194 Å².